The first-order chi connectivity index (χ1) is 6.97. The van der Waals surface area contributed by atoms with Crippen LogP contribution in [-0.2, 0) is 11.2 Å². The largest absolute Gasteiger partial charge is 0.506 e. The number of aliphatic carboxylic acids is 1. The number of benzene rings is 1. The molecule has 0 aliphatic carbocycles. The van der Waals surface area contributed by atoms with Crippen molar-refractivity contribution < 1.29 is 20.1 Å². The van der Waals surface area contributed by atoms with Crippen molar-refractivity contribution in [1.29, 1.82) is 0 Å². The third kappa shape index (κ3) is 2.49. The maximum atomic E-state index is 10.6. The zero-order chi connectivity index (χ0) is 11.6. The smallest absolute Gasteiger partial charge is 0.337 e. The van der Waals surface area contributed by atoms with Gasteiger partial charge in [0.2, 0.25) is 0 Å². The number of halogens is 1. The highest BCUT2D eigenvalue weighted by molar-refractivity contribution is 9.10. The number of aryl methyl sites for hydroxylation is 1. The van der Waals surface area contributed by atoms with Gasteiger partial charge in [0, 0.05) is 5.56 Å². The van der Waals surface area contributed by atoms with Crippen molar-refractivity contribution in [3.63, 3.8) is 0 Å². The Morgan fingerprint density at radius 3 is 2.60 bits per heavy atom. The Balaban J connectivity index is 3.27. The number of carbonyl (C=O) groups is 1. The van der Waals surface area contributed by atoms with Gasteiger partial charge in [-0.2, -0.15) is 0 Å². The summed E-state index contributed by atoms with van der Waals surface area (Å²) in [6.07, 6.45) is -1.01. The molecule has 82 valence electrons. The Kier molecular flexibility index (Phi) is 3.71. The quantitative estimate of drug-likeness (QED) is 0.786. The molecule has 0 bridgehead atoms. The number of carboxylic acids is 1. The number of aromatic hydroxyl groups is 1. The average Bonchev–Trinajstić information content (AvgIpc) is 2.20. The molecule has 5 heteroatoms. The van der Waals surface area contributed by atoms with E-state index in [0.29, 0.717) is 10.9 Å². The predicted molar refractivity (Wildman–Crippen MR) is 57.8 cm³/mol. The summed E-state index contributed by atoms with van der Waals surface area (Å²) in [6, 6.07) is 3.17. The molecule has 0 saturated carbocycles. The second-order valence-electron chi connectivity index (χ2n) is 3.11. The average molecular weight is 275 g/mol. The van der Waals surface area contributed by atoms with Gasteiger partial charge < -0.3 is 15.3 Å². The maximum Gasteiger partial charge on any atom is 0.337 e. The predicted octanol–water partition coefficient (Wildman–Crippen LogP) is 1.84. The molecule has 0 fully saturated rings. The number of hydrogen-bond donors (Lipinski definition) is 3. The lowest BCUT2D eigenvalue weighted by atomic mass is 10.0. The van der Waals surface area contributed by atoms with E-state index < -0.39 is 12.1 Å². The molecule has 4 nitrogen and oxygen atoms in total. The monoisotopic (exact) mass is 274 g/mol. The van der Waals surface area contributed by atoms with Crippen LogP contribution in [0.1, 0.15) is 24.2 Å². The first-order valence-corrected chi connectivity index (χ1v) is 5.18. The number of rotatable bonds is 3. The maximum absolute atomic E-state index is 10.6. The number of aliphatic hydroxyl groups is 1. The van der Waals surface area contributed by atoms with Crippen LogP contribution >= 0.6 is 15.9 Å². The first kappa shape index (κ1) is 12.0. The summed E-state index contributed by atoms with van der Waals surface area (Å²) in [5.41, 5.74) is 0.851. The van der Waals surface area contributed by atoms with E-state index in [1.165, 1.54) is 6.07 Å². The van der Waals surface area contributed by atoms with Crippen LogP contribution in [0, 0.1) is 0 Å². The van der Waals surface area contributed by atoms with Gasteiger partial charge in [0.1, 0.15) is 5.75 Å². The molecule has 1 aromatic rings. The van der Waals surface area contributed by atoms with Gasteiger partial charge in [0.05, 0.1) is 4.47 Å². The van der Waals surface area contributed by atoms with E-state index in [4.69, 9.17) is 5.11 Å². The molecular formula is C10H11BrO4. The second-order valence-corrected chi connectivity index (χ2v) is 3.96. The number of phenols is 1. The fraction of sp³-hybridized carbons (Fsp3) is 0.300. The van der Waals surface area contributed by atoms with Gasteiger partial charge in [0.15, 0.2) is 6.10 Å². The highest BCUT2D eigenvalue weighted by Gasteiger charge is 2.21. The van der Waals surface area contributed by atoms with Crippen LogP contribution in [0.25, 0.3) is 0 Å². The van der Waals surface area contributed by atoms with E-state index in [9.17, 15) is 15.0 Å². The van der Waals surface area contributed by atoms with Crippen LogP contribution in [0.3, 0.4) is 0 Å². The van der Waals surface area contributed by atoms with Gasteiger partial charge in [-0.15, -0.1) is 0 Å². The Morgan fingerprint density at radius 2 is 2.13 bits per heavy atom. The summed E-state index contributed by atoms with van der Waals surface area (Å²) in [5, 5.41) is 27.5. The van der Waals surface area contributed by atoms with Crippen molar-refractivity contribution >= 4 is 21.9 Å². The standard InChI is InChI=1S/C10H11BrO4/c1-2-5-3-6(9(13)10(14)15)8(12)7(11)4-5/h3-4,9,12-13H,2H2,1H3,(H,14,15). The van der Waals surface area contributed by atoms with Gasteiger partial charge in [0.25, 0.3) is 0 Å². The molecule has 0 heterocycles. The topological polar surface area (TPSA) is 77.8 Å². The van der Waals surface area contributed by atoms with Gasteiger partial charge in [-0.25, -0.2) is 4.79 Å². The van der Waals surface area contributed by atoms with Gasteiger partial charge in [-0.3, -0.25) is 0 Å². The van der Waals surface area contributed by atoms with E-state index >= 15 is 0 Å². The third-order valence-electron chi connectivity index (χ3n) is 2.09. The van der Waals surface area contributed by atoms with Crippen LogP contribution < -0.4 is 0 Å². The first-order valence-electron chi connectivity index (χ1n) is 4.39. The van der Waals surface area contributed by atoms with Crippen LogP contribution in [0.5, 0.6) is 5.75 Å². The molecule has 0 aromatic heterocycles. The minimum absolute atomic E-state index is 0.00808. The lowest BCUT2D eigenvalue weighted by Gasteiger charge is -2.11. The molecule has 0 radical (unpaired) electrons. The van der Waals surface area contributed by atoms with Crippen molar-refractivity contribution in [2.45, 2.75) is 19.4 Å². The lowest BCUT2D eigenvalue weighted by molar-refractivity contribution is -0.147. The summed E-state index contributed by atoms with van der Waals surface area (Å²) in [6.45, 7) is 1.90. The summed E-state index contributed by atoms with van der Waals surface area (Å²) in [7, 11) is 0. The zero-order valence-electron chi connectivity index (χ0n) is 8.07. The van der Waals surface area contributed by atoms with Crippen LogP contribution in [0.15, 0.2) is 16.6 Å². The van der Waals surface area contributed by atoms with Crippen molar-refractivity contribution in [2.24, 2.45) is 0 Å². The van der Waals surface area contributed by atoms with Gasteiger partial charge >= 0.3 is 5.97 Å². The van der Waals surface area contributed by atoms with E-state index in [1.807, 2.05) is 6.92 Å². The number of aliphatic hydroxyl groups excluding tert-OH is 1. The Morgan fingerprint density at radius 1 is 1.53 bits per heavy atom. The molecule has 1 aromatic carbocycles. The SMILES string of the molecule is CCc1cc(Br)c(O)c(C(O)C(=O)O)c1. The number of hydrogen-bond acceptors (Lipinski definition) is 3. The van der Waals surface area contributed by atoms with Crippen molar-refractivity contribution in [3.8, 4) is 5.75 Å². The Bertz CT molecular complexity index is 389. The Labute approximate surface area is 95.3 Å². The van der Waals surface area contributed by atoms with Gasteiger partial charge in [-0.05, 0) is 40.0 Å². The highest BCUT2D eigenvalue weighted by Crippen LogP contribution is 2.33. The zero-order valence-corrected chi connectivity index (χ0v) is 9.65. The minimum atomic E-state index is -1.70. The molecule has 0 spiro atoms. The number of carboxylic acid groups (broad SMARTS) is 1. The molecule has 0 saturated heterocycles. The molecule has 0 aliphatic heterocycles. The molecule has 0 amide bonds. The second kappa shape index (κ2) is 4.63. The summed E-state index contributed by atoms with van der Waals surface area (Å²) < 4.78 is 0.386. The molecule has 0 aliphatic rings. The van der Waals surface area contributed by atoms with Gasteiger partial charge in [-0.1, -0.05) is 6.92 Å². The van der Waals surface area contributed by atoms with Crippen LogP contribution in [0.4, 0.5) is 0 Å². The van der Waals surface area contributed by atoms with E-state index in [1.54, 1.807) is 6.07 Å². The molecule has 1 atom stereocenters. The highest BCUT2D eigenvalue weighted by atomic mass is 79.9. The summed E-state index contributed by atoms with van der Waals surface area (Å²) in [5.74, 6) is -1.62. The van der Waals surface area contributed by atoms with Crippen LogP contribution in [-0.4, -0.2) is 21.3 Å². The fourth-order valence-electron chi connectivity index (χ4n) is 1.22. The summed E-state index contributed by atoms with van der Waals surface area (Å²) in [4.78, 5) is 10.6. The Hall–Kier alpha value is -1.07. The van der Waals surface area contributed by atoms with Crippen molar-refractivity contribution in [2.75, 3.05) is 0 Å². The lowest BCUT2D eigenvalue weighted by Crippen LogP contribution is -2.11. The third-order valence-corrected chi connectivity index (χ3v) is 2.69. The van der Waals surface area contributed by atoms with Crippen molar-refractivity contribution in [3.05, 3.63) is 27.7 Å². The van der Waals surface area contributed by atoms with E-state index in [2.05, 4.69) is 15.9 Å². The molecule has 1 unspecified atom stereocenters. The minimum Gasteiger partial charge on any atom is -0.506 e. The molecular weight excluding hydrogens is 264 g/mol. The normalized spacial score (nSPS) is 12.5. The van der Waals surface area contributed by atoms with Crippen molar-refractivity contribution in [1.82, 2.24) is 0 Å². The molecule has 1 rings (SSSR count). The molecule has 15 heavy (non-hydrogen) atoms. The van der Waals surface area contributed by atoms with Crippen LogP contribution in [0.2, 0.25) is 0 Å². The fourth-order valence-corrected chi connectivity index (χ4v) is 1.75. The van der Waals surface area contributed by atoms with E-state index in [0.717, 1.165) is 5.56 Å². The van der Waals surface area contributed by atoms with E-state index in [-0.39, 0.29) is 11.3 Å². The molecule has 3 N–H and O–H groups in total. The summed E-state index contributed by atoms with van der Waals surface area (Å²) >= 11 is 3.10. The number of phenolic OH excluding ortho intramolecular Hbond substituents is 1.